The number of anilines is 1. The number of nitro benzene ring substituents is 1. The SMILES string of the molecule is CCOCCN(C1=CC(C)(C)CN1)c1ccc([N+](=O)[O-])cc1. The van der Waals surface area contributed by atoms with E-state index in [9.17, 15) is 10.1 Å². The maximum absolute atomic E-state index is 10.8. The second-order valence-corrected chi connectivity index (χ2v) is 5.99. The van der Waals surface area contributed by atoms with Gasteiger partial charge in [-0.15, -0.1) is 0 Å². The molecule has 0 aliphatic carbocycles. The Balaban J connectivity index is 2.22. The molecule has 1 heterocycles. The summed E-state index contributed by atoms with van der Waals surface area (Å²) in [6.45, 7) is 9.15. The summed E-state index contributed by atoms with van der Waals surface area (Å²) >= 11 is 0. The Labute approximate surface area is 130 Å². The Hall–Kier alpha value is -2.08. The molecule has 22 heavy (non-hydrogen) atoms. The van der Waals surface area contributed by atoms with Gasteiger partial charge in [-0.3, -0.25) is 10.1 Å². The number of benzene rings is 1. The predicted molar refractivity (Wildman–Crippen MR) is 86.8 cm³/mol. The van der Waals surface area contributed by atoms with Crippen LogP contribution in [0.15, 0.2) is 36.2 Å². The van der Waals surface area contributed by atoms with E-state index in [0.717, 1.165) is 18.1 Å². The van der Waals surface area contributed by atoms with Crippen molar-refractivity contribution in [2.24, 2.45) is 5.41 Å². The molecule has 1 aromatic carbocycles. The lowest BCUT2D eigenvalue weighted by Crippen LogP contribution is -2.32. The zero-order valence-corrected chi connectivity index (χ0v) is 13.3. The van der Waals surface area contributed by atoms with Crippen LogP contribution < -0.4 is 10.2 Å². The first-order valence-electron chi connectivity index (χ1n) is 7.49. The van der Waals surface area contributed by atoms with E-state index in [0.29, 0.717) is 19.8 Å². The molecule has 0 bridgehead atoms. The van der Waals surface area contributed by atoms with Crippen LogP contribution in [0.25, 0.3) is 0 Å². The third kappa shape index (κ3) is 3.98. The summed E-state index contributed by atoms with van der Waals surface area (Å²) in [4.78, 5) is 12.5. The second kappa shape index (κ2) is 6.79. The molecular weight excluding hydrogens is 282 g/mol. The number of hydrogen-bond donors (Lipinski definition) is 1. The summed E-state index contributed by atoms with van der Waals surface area (Å²) in [6.07, 6.45) is 2.19. The molecule has 0 aromatic heterocycles. The molecule has 0 radical (unpaired) electrons. The molecule has 120 valence electrons. The summed E-state index contributed by atoms with van der Waals surface area (Å²) in [5, 5.41) is 14.2. The van der Waals surface area contributed by atoms with Crippen molar-refractivity contribution in [3.8, 4) is 0 Å². The number of non-ortho nitro benzene ring substituents is 1. The Morgan fingerprint density at radius 1 is 1.36 bits per heavy atom. The molecular formula is C16H23N3O3. The lowest BCUT2D eigenvalue weighted by molar-refractivity contribution is -0.384. The summed E-state index contributed by atoms with van der Waals surface area (Å²) in [5.74, 6) is 1.03. The number of nitrogens with zero attached hydrogens (tertiary/aromatic N) is 2. The van der Waals surface area contributed by atoms with Gasteiger partial charge in [0.1, 0.15) is 5.82 Å². The molecule has 0 saturated carbocycles. The molecule has 6 nitrogen and oxygen atoms in total. The molecule has 0 saturated heterocycles. The number of nitro groups is 1. The summed E-state index contributed by atoms with van der Waals surface area (Å²) in [7, 11) is 0. The van der Waals surface area contributed by atoms with Crippen molar-refractivity contribution in [1.82, 2.24) is 5.32 Å². The predicted octanol–water partition coefficient (Wildman–Crippen LogP) is 2.91. The third-order valence-corrected chi connectivity index (χ3v) is 3.58. The first-order valence-corrected chi connectivity index (χ1v) is 7.49. The van der Waals surface area contributed by atoms with E-state index >= 15 is 0 Å². The van der Waals surface area contributed by atoms with Crippen LogP contribution >= 0.6 is 0 Å². The normalized spacial score (nSPS) is 16.0. The second-order valence-electron chi connectivity index (χ2n) is 5.99. The fourth-order valence-corrected chi connectivity index (χ4v) is 2.41. The van der Waals surface area contributed by atoms with Crippen LogP contribution in [0.1, 0.15) is 20.8 Å². The van der Waals surface area contributed by atoms with Crippen molar-refractivity contribution in [2.45, 2.75) is 20.8 Å². The number of ether oxygens (including phenoxy) is 1. The lowest BCUT2D eigenvalue weighted by Gasteiger charge is -2.26. The van der Waals surface area contributed by atoms with E-state index in [-0.39, 0.29) is 16.0 Å². The van der Waals surface area contributed by atoms with Crippen LogP contribution in [-0.4, -0.2) is 31.2 Å². The number of nitrogens with one attached hydrogen (secondary N) is 1. The molecule has 6 heteroatoms. The van der Waals surface area contributed by atoms with Crippen molar-refractivity contribution < 1.29 is 9.66 Å². The maximum atomic E-state index is 10.8. The molecule has 0 unspecified atom stereocenters. The third-order valence-electron chi connectivity index (χ3n) is 3.58. The van der Waals surface area contributed by atoms with E-state index in [1.54, 1.807) is 12.1 Å². The van der Waals surface area contributed by atoms with Gasteiger partial charge in [0, 0.05) is 42.9 Å². The van der Waals surface area contributed by atoms with E-state index in [2.05, 4.69) is 30.1 Å². The number of hydrogen-bond acceptors (Lipinski definition) is 5. The number of rotatable bonds is 7. The van der Waals surface area contributed by atoms with Gasteiger partial charge in [-0.2, -0.15) is 0 Å². The van der Waals surface area contributed by atoms with Crippen LogP contribution in [0.2, 0.25) is 0 Å². The van der Waals surface area contributed by atoms with Crippen molar-refractivity contribution in [3.05, 3.63) is 46.3 Å². The average Bonchev–Trinajstić information content (AvgIpc) is 2.84. The Kier molecular flexibility index (Phi) is 5.03. The zero-order valence-electron chi connectivity index (χ0n) is 13.3. The van der Waals surface area contributed by atoms with Crippen molar-refractivity contribution in [1.29, 1.82) is 0 Å². The van der Waals surface area contributed by atoms with Gasteiger partial charge in [-0.1, -0.05) is 13.8 Å². The smallest absolute Gasteiger partial charge is 0.269 e. The minimum absolute atomic E-state index is 0.0972. The fraction of sp³-hybridized carbons (Fsp3) is 0.500. The van der Waals surface area contributed by atoms with Crippen molar-refractivity contribution in [2.75, 3.05) is 31.2 Å². The molecule has 1 N–H and O–H groups in total. The highest BCUT2D eigenvalue weighted by molar-refractivity contribution is 5.55. The highest BCUT2D eigenvalue weighted by atomic mass is 16.6. The van der Waals surface area contributed by atoms with Crippen molar-refractivity contribution >= 4 is 11.4 Å². The average molecular weight is 305 g/mol. The van der Waals surface area contributed by atoms with Gasteiger partial charge in [-0.05, 0) is 25.1 Å². The largest absolute Gasteiger partial charge is 0.380 e. The molecule has 0 amide bonds. The topological polar surface area (TPSA) is 67.6 Å². The molecule has 1 aromatic rings. The van der Waals surface area contributed by atoms with E-state index in [1.165, 1.54) is 12.1 Å². The minimum atomic E-state index is -0.384. The molecule has 0 fully saturated rings. The standard InChI is InChI=1S/C16H23N3O3/c1-4-22-10-9-18(15-11-16(2,3)12-17-15)13-5-7-14(8-6-13)19(20)21/h5-8,11,17H,4,9-10,12H2,1-3H3. The van der Waals surface area contributed by atoms with Crippen LogP contribution in [-0.2, 0) is 4.74 Å². The van der Waals surface area contributed by atoms with Crippen LogP contribution in [0.4, 0.5) is 11.4 Å². The summed E-state index contributed by atoms with van der Waals surface area (Å²) < 4.78 is 5.45. The fourth-order valence-electron chi connectivity index (χ4n) is 2.41. The van der Waals surface area contributed by atoms with Gasteiger partial charge in [0.15, 0.2) is 0 Å². The van der Waals surface area contributed by atoms with Gasteiger partial charge in [0.2, 0.25) is 0 Å². The molecule has 0 atom stereocenters. The Morgan fingerprint density at radius 3 is 2.55 bits per heavy atom. The van der Waals surface area contributed by atoms with Gasteiger partial charge in [-0.25, -0.2) is 0 Å². The first-order chi connectivity index (χ1) is 10.4. The molecule has 2 rings (SSSR count). The Bertz CT molecular complexity index is 552. The lowest BCUT2D eigenvalue weighted by atomic mass is 9.96. The highest BCUT2D eigenvalue weighted by Gasteiger charge is 2.26. The van der Waals surface area contributed by atoms with Crippen LogP contribution in [0.5, 0.6) is 0 Å². The highest BCUT2D eigenvalue weighted by Crippen LogP contribution is 2.29. The first kappa shape index (κ1) is 16.3. The van der Waals surface area contributed by atoms with Crippen LogP contribution in [0.3, 0.4) is 0 Å². The van der Waals surface area contributed by atoms with E-state index in [4.69, 9.17) is 4.74 Å². The van der Waals surface area contributed by atoms with Crippen LogP contribution in [0, 0.1) is 15.5 Å². The quantitative estimate of drug-likeness (QED) is 0.476. The van der Waals surface area contributed by atoms with Gasteiger partial charge in [0.25, 0.3) is 5.69 Å². The summed E-state index contributed by atoms with van der Waals surface area (Å²) in [5.41, 5.74) is 1.11. The summed E-state index contributed by atoms with van der Waals surface area (Å²) in [6, 6.07) is 6.61. The minimum Gasteiger partial charge on any atom is -0.380 e. The van der Waals surface area contributed by atoms with Gasteiger partial charge >= 0.3 is 0 Å². The maximum Gasteiger partial charge on any atom is 0.269 e. The Morgan fingerprint density at radius 2 is 2.05 bits per heavy atom. The monoisotopic (exact) mass is 305 g/mol. The van der Waals surface area contributed by atoms with Crippen molar-refractivity contribution in [3.63, 3.8) is 0 Å². The van der Waals surface area contributed by atoms with E-state index < -0.39 is 0 Å². The van der Waals surface area contributed by atoms with Gasteiger partial charge in [0.05, 0.1) is 11.5 Å². The van der Waals surface area contributed by atoms with E-state index in [1.807, 2.05) is 6.92 Å². The zero-order chi connectivity index (χ0) is 16.2. The molecule has 1 aliphatic heterocycles. The van der Waals surface area contributed by atoms with Gasteiger partial charge < -0.3 is 15.0 Å². The molecule has 0 spiro atoms. The molecule has 1 aliphatic rings.